The van der Waals surface area contributed by atoms with Crippen molar-refractivity contribution in [2.45, 2.75) is 26.2 Å². The number of carboxylic acid groups (broad SMARTS) is 1. The van der Waals surface area contributed by atoms with Crippen LogP contribution in [0, 0.1) is 0 Å². The molecule has 0 aliphatic carbocycles. The van der Waals surface area contributed by atoms with Crippen LogP contribution in [0.2, 0.25) is 0 Å². The summed E-state index contributed by atoms with van der Waals surface area (Å²) in [5.74, 6) is 0.851. The molecular formula is C34H31N3O5. The molecule has 3 aromatic carbocycles. The van der Waals surface area contributed by atoms with Crippen LogP contribution in [0.25, 0.3) is 27.4 Å². The van der Waals surface area contributed by atoms with Crippen LogP contribution in [-0.4, -0.2) is 46.5 Å². The van der Waals surface area contributed by atoms with E-state index >= 15 is 0 Å². The predicted octanol–water partition coefficient (Wildman–Crippen LogP) is 6.69. The molecule has 212 valence electrons. The lowest BCUT2D eigenvalue weighted by Gasteiger charge is -2.26. The number of benzene rings is 3. The molecule has 1 aliphatic heterocycles. The average Bonchev–Trinajstić information content (AvgIpc) is 3.42. The summed E-state index contributed by atoms with van der Waals surface area (Å²) in [5, 5.41) is 12.7. The van der Waals surface area contributed by atoms with Crippen molar-refractivity contribution in [1.29, 1.82) is 0 Å². The average molecular weight is 562 g/mol. The van der Waals surface area contributed by atoms with E-state index in [-0.39, 0.29) is 0 Å². The Labute approximate surface area is 243 Å². The molecule has 1 aliphatic rings. The number of anilines is 1. The Morgan fingerprint density at radius 2 is 1.83 bits per heavy atom. The maximum atomic E-state index is 12.6. The Kier molecular flexibility index (Phi) is 7.60. The van der Waals surface area contributed by atoms with Gasteiger partial charge in [-0.2, -0.15) is 0 Å². The van der Waals surface area contributed by atoms with Crippen molar-refractivity contribution in [3.8, 4) is 5.75 Å². The lowest BCUT2D eigenvalue weighted by molar-refractivity contribution is -0.137. The predicted molar refractivity (Wildman–Crippen MR) is 163 cm³/mol. The Bertz CT molecular complexity index is 1820. The standard InChI is InChI=1S/C34H31N3O5/c1-2-41-32(38)22-31(26-10-9-23-6-3-4-7-25(23)20-26)36-18-15-27-21-29(13-14-30(27)36)42-19-16-28-12-11-24-8-5-17-37(34(39)40)33(24)35-28/h3-4,6-7,9-15,18,20-22H,2,5,8,16-17,19H2,1H3,(H,39,40). The summed E-state index contributed by atoms with van der Waals surface area (Å²) in [6.07, 6.45) is 4.69. The molecule has 3 heterocycles. The van der Waals surface area contributed by atoms with Crippen molar-refractivity contribution in [3.05, 3.63) is 108 Å². The van der Waals surface area contributed by atoms with Gasteiger partial charge in [-0.05, 0) is 78.1 Å². The summed E-state index contributed by atoms with van der Waals surface area (Å²) in [6.45, 7) is 2.95. The zero-order valence-electron chi connectivity index (χ0n) is 23.3. The van der Waals surface area contributed by atoms with Gasteiger partial charge in [0.25, 0.3) is 0 Å². The normalized spacial score (nSPS) is 13.3. The summed E-state index contributed by atoms with van der Waals surface area (Å²) in [6, 6.07) is 26.0. The first-order valence-electron chi connectivity index (χ1n) is 14.1. The minimum Gasteiger partial charge on any atom is -0.493 e. The molecule has 8 heteroatoms. The second-order valence-corrected chi connectivity index (χ2v) is 10.2. The Hall–Kier alpha value is -5.11. The first kappa shape index (κ1) is 27.1. The number of amides is 1. The van der Waals surface area contributed by atoms with Gasteiger partial charge >= 0.3 is 12.1 Å². The highest BCUT2D eigenvalue weighted by atomic mass is 16.5. The maximum absolute atomic E-state index is 12.6. The number of nitrogens with zero attached hydrogens (tertiary/aromatic N) is 3. The molecule has 0 bridgehead atoms. The number of hydrogen-bond donors (Lipinski definition) is 1. The molecule has 1 amide bonds. The van der Waals surface area contributed by atoms with Gasteiger partial charge in [0, 0.05) is 36.3 Å². The third kappa shape index (κ3) is 5.56. The van der Waals surface area contributed by atoms with E-state index < -0.39 is 12.1 Å². The fourth-order valence-corrected chi connectivity index (χ4v) is 5.43. The fourth-order valence-electron chi connectivity index (χ4n) is 5.43. The van der Waals surface area contributed by atoms with Crippen LogP contribution in [0.1, 0.15) is 30.2 Å². The van der Waals surface area contributed by atoms with Crippen LogP contribution in [0.3, 0.4) is 0 Å². The lowest BCUT2D eigenvalue weighted by atomic mass is 10.0. The molecule has 0 atom stereocenters. The van der Waals surface area contributed by atoms with Crippen LogP contribution in [0.15, 0.2) is 91.1 Å². The molecule has 1 N–H and O–H groups in total. The summed E-state index contributed by atoms with van der Waals surface area (Å²) in [7, 11) is 0. The third-order valence-electron chi connectivity index (χ3n) is 7.46. The molecule has 0 fully saturated rings. The molecule has 0 saturated carbocycles. The number of pyridine rings is 1. The molecule has 0 unspecified atom stereocenters. The van der Waals surface area contributed by atoms with Crippen molar-refractivity contribution in [2.24, 2.45) is 0 Å². The summed E-state index contributed by atoms with van der Waals surface area (Å²) < 4.78 is 13.3. The number of hydrogen-bond acceptors (Lipinski definition) is 5. The topological polar surface area (TPSA) is 93.9 Å². The summed E-state index contributed by atoms with van der Waals surface area (Å²) >= 11 is 0. The zero-order chi connectivity index (χ0) is 29.1. The molecule has 42 heavy (non-hydrogen) atoms. The van der Waals surface area contributed by atoms with E-state index in [1.807, 2.05) is 65.4 Å². The lowest BCUT2D eigenvalue weighted by Crippen LogP contribution is -2.35. The van der Waals surface area contributed by atoms with Crippen LogP contribution in [-0.2, 0) is 22.4 Å². The number of carbonyl (C=O) groups is 2. The zero-order valence-corrected chi connectivity index (χ0v) is 23.3. The van der Waals surface area contributed by atoms with Gasteiger partial charge in [0.2, 0.25) is 0 Å². The molecule has 2 aromatic heterocycles. The third-order valence-corrected chi connectivity index (χ3v) is 7.46. The highest BCUT2D eigenvalue weighted by Gasteiger charge is 2.23. The SMILES string of the molecule is CCOC(=O)C=C(c1ccc2ccccc2c1)n1ccc2cc(OCCc3ccc4c(n3)N(C(=O)O)CCC4)ccc21. The second-order valence-electron chi connectivity index (χ2n) is 10.2. The van der Waals surface area contributed by atoms with E-state index in [0.717, 1.165) is 57.0 Å². The van der Waals surface area contributed by atoms with E-state index in [9.17, 15) is 14.7 Å². The molecule has 0 saturated heterocycles. The van der Waals surface area contributed by atoms with Gasteiger partial charge in [-0.3, -0.25) is 4.90 Å². The van der Waals surface area contributed by atoms with Crippen molar-refractivity contribution in [2.75, 3.05) is 24.7 Å². The summed E-state index contributed by atoms with van der Waals surface area (Å²) in [4.78, 5) is 30.1. The Morgan fingerprint density at radius 3 is 2.67 bits per heavy atom. The molecule has 0 spiro atoms. The van der Waals surface area contributed by atoms with Gasteiger partial charge < -0.3 is 19.1 Å². The monoisotopic (exact) mass is 561 g/mol. The van der Waals surface area contributed by atoms with Crippen LogP contribution < -0.4 is 9.64 Å². The van der Waals surface area contributed by atoms with E-state index in [2.05, 4.69) is 29.2 Å². The first-order chi connectivity index (χ1) is 20.5. The van der Waals surface area contributed by atoms with E-state index in [1.165, 1.54) is 11.0 Å². The number of aromatic nitrogens is 2. The van der Waals surface area contributed by atoms with Gasteiger partial charge in [-0.15, -0.1) is 0 Å². The van der Waals surface area contributed by atoms with Gasteiger partial charge in [0.05, 0.1) is 24.4 Å². The smallest absolute Gasteiger partial charge is 0.413 e. The van der Waals surface area contributed by atoms with Gasteiger partial charge in [-0.1, -0.05) is 42.5 Å². The van der Waals surface area contributed by atoms with E-state index in [4.69, 9.17) is 9.47 Å². The van der Waals surface area contributed by atoms with Crippen molar-refractivity contribution < 1.29 is 24.2 Å². The summed E-state index contributed by atoms with van der Waals surface area (Å²) in [5.41, 5.74) is 4.30. The van der Waals surface area contributed by atoms with Crippen LogP contribution >= 0.6 is 0 Å². The quantitative estimate of drug-likeness (QED) is 0.168. The molecular weight excluding hydrogens is 530 g/mol. The first-order valence-corrected chi connectivity index (χ1v) is 14.1. The number of ether oxygens (including phenoxy) is 2. The van der Waals surface area contributed by atoms with Gasteiger partial charge in [0.15, 0.2) is 0 Å². The largest absolute Gasteiger partial charge is 0.493 e. The number of fused-ring (bicyclic) bond motifs is 3. The number of carbonyl (C=O) groups excluding carboxylic acids is 1. The molecule has 5 aromatic rings. The van der Waals surface area contributed by atoms with Crippen LogP contribution in [0.4, 0.5) is 10.6 Å². The number of aryl methyl sites for hydroxylation is 1. The second kappa shape index (κ2) is 11.8. The highest BCUT2D eigenvalue weighted by molar-refractivity contribution is 5.96. The fraction of sp³-hybridized carbons (Fsp3) is 0.206. The Balaban J connectivity index is 1.23. The van der Waals surface area contributed by atoms with Crippen molar-refractivity contribution >= 4 is 45.3 Å². The maximum Gasteiger partial charge on any atom is 0.413 e. The number of esters is 1. The minimum absolute atomic E-state index is 0.298. The van der Waals surface area contributed by atoms with E-state index in [0.29, 0.717) is 37.7 Å². The Morgan fingerprint density at radius 1 is 0.976 bits per heavy atom. The van der Waals surface area contributed by atoms with Crippen molar-refractivity contribution in [1.82, 2.24) is 9.55 Å². The van der Waals surface area contributed by atoms with Gasteiger partial charge in [-0.25, -0.2) is 14.6 Å². The molecule has 8 nitrogen and oxygen atoms in total. The van der Waals surface area contributed by atoms with Crippen molar-refractivity contribution in [3.63, 3.8) is 0 Å². The number of rotatable bonds is 8. The van der Waals surface area contributed by atoms with Gasteiger partial charge in [0.1, 0.15) is 11.6 Å². The highest BCUT2D eigenvalue weighted by Crippen LogP contribution is 2.30. The van der Waals surface area contributed by atoms with Crippen LogP contribution in [0.5, 0.6) is 5.75 Å². The van der Waals surface area contributed by atoms with E-state index in [1.54, 1.807) is 6.92 Å². The minimum atomic E-state index is -0.974. The molecule has 0 radical (unpaired) electrons. The molecule has 6 rings (SSSR count).